The summed E-state index contributed by atoms with van der Waals surface area (Å²) in [6.07, 6.45) is 3.49. The summed E-state index contributed by atoms with van der Waals surface area (Å²) in [5.41, 5.74) is -2.98. The topological polar surface area (TPSA) is 96.0 Å². The molecule has 0 unspecified atom stereocenters. The molecule has 0 bridgehead atoms. The fourth-order valence-electron chi connectivity index (χ4n) is 4.73. The summed E-state index contributed by atoms with van der Waals surface area (Å²) in [7, 11) is 0. The Morgan fingerprint density at radius 2 is 2.00 bits per heavy atom. The van der Waals surface area contributed by atoms with Crippen molar-refractivity contribution < 1.29 is 24.2 Å². The highest BCUT2D eigenvalue weighted by atomic mass is 16.6. The van der Waals surface area contributed by atoms with E-state index in [1.54, 1.807) is 6.92 Å². The van der Waals surface area contributed by atoms with Gasteiger partial charge in [-0.3, -0.25) is 14.4 Å². The van der Waals surface area contributed by atoms with Gasteiger partial charge in [-0.2, -0.15) is 0 Å². The molecule has 2 saturated heterocycles. The highest BCUT2D eigenvalue weighted by Crippen LogP contribution is 2.54. The molecule has 2 aliphatic heterocycles. The zero-order valence-electron chi connectivity index (χ0n) is 13.3. The lowest BCUT2D eigenvalue weighted by atomic mass is 9.59. The number of Topliss-reactive ketones (excluding diaryl/α,β-unsaturated/α-hetero) is 1. The third kappa shape index (κ3) is 1.79. The molecule has 0 radical (unpaired) electrons. The van der Waals surface area contributed by atoms with Crippen LogP contribution in [0.15, 0.2) is 11.8 Å². The van der Waals surface area contributed by atoms with Gasteiger partial charge in [-0.15, -0.1) is 0 Å². The molecule has 0 aromatic heterocycles. The molecule has 0 spiro atoms. The van der Waals surface area contributed by atoms with Crippen LogP contribution in [0.25, 0.3) is 0 Å². The Bertz CT molecular complexity index is 655. The molecule has 6 heteroatoms. The van der Waals surface area contributed by atoms with Crippen LogP contribution in [0.5, 0.6) is 0 Å². The van der Waals surface area contributed by atoms with Crippen LogP contribution < -0.4 is 5.32 Å². The van der Waals surface area contributed by atoms with E-state index in [9.17, 15) is 19.5 Å². The van der Waals surface area contributed by atoms with Crippen LogP contribution in [-0.2, 0) is 19.1 Å². The second-order valence-corrected chi connectivity index (χ2v) is 7.56. The van der Waals surface area contributed by atoms with Gasteiger partial charge < -0.3 is 15.2 Å². The maximum atomic E-state index is 13.1. The van der Waals surface area contributed by atoms with E-state index < -0.39 is 22.8 Å². The van der Waals surface area contributed by atoms with Gasteiger partial charge in [0.1, 0.15) is 11.0 Å². The highest BCUT2D eigenvalue weighted by molar-refractivity contribution is 6.12. The molecule has 0 aromatic rings. The largest absolute Gasteiger partial charge is 0.382 e. The molecule has 124 valence electrons. The van der Waals surface area contributed by atoms with E-state index in [-0.39, 0.29) is 41.8 Å². The number of carbonyl (C=O) groups is 3. The molecule has 1 saturated carbocycles. The maximum absolute atomic E-state index is 13.1. The van der Waals surface area contributed by atoms with E-state index >= 15 is 0 Å². The molecule has 1 amide bonds. The first-order valence-corrected chi connectivity index (χ1v) is 8.27. The fraction of sp³-hybridized carbons (Fsp3) is 0.706. The third-order valence-corrected chi connectivity index (χ3v) is 6.23. The monoisotopic (exact) mass is 319 g/mol. The number of fused-ring (bicyclic) bond motifs is 1. The second-order valence-electron chi connectivity index (χ2n) is 7.56. The quantitative estimate of drug-likeness (QED) is 0.500. The number of rotatable bonds is 0. The number of hydrogen-bond donors (Lipinski definition) is 2. The lowest BCUT2D eigenvalue weighted by molar-refractivity contribution is -0.159. The average molecular weight is 319 g/mol. The summed E-state index contributed by atoms with van der Waals surface area (Å²) in [6, 6.07) is 0. The van der Waals surface area contributed by atoms with Crippen molar-refractivity contribution in [1.29, 1.82) is 0 Å². The molecular formula is C17H21NO5. The Morgan fingerprint density at radius 1 is 1.26 bits per heavy atom. The number of nitrogens with one attached hydrogen (secondary N) is 1. The average Bonchev–Trinajstić information content (AvgIpc) is 3.19. The standard InChI is InChI=1S/C17H21NO5/c1-8-5-12-11(23-12)4-3-9-6-10(19)7-13-17(9,22)16(2,14(8)20)15(21)18-13/h7-9,11-12,22H,3-6H2,1-2H3,(H,18,21)/t8-,9+,11-,12-,16+,17+/m0/s1. The van der Waals surface area contributed by atoms with Crippen molar-refractivity contribution in [2.45, 2.75) is 57.3 Å². The number of carbonyl (C=O) groups excluding carboxylic acids is 3. The second kappa shape index (κ2) is 4.51. The first kappa shape index (κ1) is 15.0. The number of ether oxygens (including phenoxy) is 1. The molecule has 6 nitrogen and oxygen atoms in total. The predicted octanol–water partition coefficient (Wildman–Crippen LogP) is 0.483. The number of ketones is 2. The molecule has 4 rings (SSSR count). The summed E-state index contributed by atoms with van der Waals surface area (Å²) in [5, 5.41) is 14.1. The summed E-state index contributed by atoms with van der Waals surface area (Å²) in [4.78, 5) is 37.7. The Hall–Kier alpha value is -1.53. The summed E-state index contributed by atoms with van der Waals surface area (Å²) < 4.78 is 5.61. The minimum Gasteiger partial charge on any atom is -0.382 e. The molecule has 6 atom stereocenters. The van der Waals surface area contributed by atoms with Gasteiger partial charge in [0.25, 0.3) is 0 Å². The SMILES string of the molecule is C[C@H]1C[C@@H]2O[C@H]2CC[C@@H]2CC(=O)C=C3NC(=O)[C@@](C)(C1=O)[C@]32O. The number of allylic oxidation sites excluding steroid dienone is 1. The molecule has 2 aliphatic carbocycles. The lowest BCUT2D eigenvalue weighted by Crippen LogP contribution is -2.59. The Balaban J connectivity index is 1.86. The zero-order chi connectivity index (χ0) is 16.6. The molecule has 23 heavy (non-hydrogen) atoms. The van der Waals surface area contributed by atoms with Gasteiger partial charge in [0, 0.05) is 24.3 Å². The van der Waals surface area contributed by atoms with Gasteiger partial charge in [-0.25, -0.2) is 0 Å². The fourth-order valence-corrected chi connectivity index (χ4v) is 4.73. The number of amides is 1. The van der Waals surface area contributed by atoms with Crippen LogP contribution in [0.4, 0.5) is 0 Å². The Morgan fingerprint density at radius 3 is 2.74 bits per heavy atom. The summed E-state index contributed by atoms with van der Waals surface area (Å²) in [5.74, 6) is -1.71. The number of epoxide rings is 1. The molecular weight excluding hydrogens is 298 g/mol. The molecule has 3 fully saturated rings. The van der Waals surface area contributed by atoms with Crippen molar-refractivity contribution in [3.05, 3.63) is 11.8 Å². The number of aliphatic hydroxyl groups is 1. The van der Waals surface area contributed by atoms with Crippen molar-refractivity contribution in [3.8, 4) is 0 Å². The van der Waals surface area contributed by atoms with Gasteiger partial charge in [0.05, 0.1) is 17.9 Å². The third-order valence-electron chi connectivity index (χ3n) is 6.23. The van der Waals surface area contributed by atoms with E-state index in [4.69, 9.17) is 4.74 Å². The van der Waals surface area contributed by atoms with Crippen molar-refractivity contribution in [1.82, 2.24) is 5.32 Å². The Labute approximate surface area is 134 Å². The number of hydrogen-bond acceptors (Lipinski definition) is 5. The smallest absolute Gasteiger partial charge is 0.241 e. The summed E-state index contributed by atoms with van der Waals surface area (Å²) in [6.45, 7) is 3.31. The van der Waals surface area contributed by atoms with Crippen molar-refractivity contribution in [2.75, 3.05) is 0 Å². The molecule has 4 aliphatic rings. The van der Waals surface area contributed by atoms with Crippen LogP contribution in [0.3, 0.4) is 0 Å². The lowest BCUT2D eigenvalue weighted by Gasteiger charge is -2.44. The van der Waals surface area contributed by atoms with E-state index in [0.717, 1.165) is 6.42 Å². The molecule has 2 N–H and O–H groups in total. The van der Waals surface area contributed by atoms with Crippen LogP contribution in [-0.4, -0.2) is 40.4 Å². The van der Waals surface area contributed by atoms with Crippen LogP contribution in [0.2, 0.25) is 0 Å². The predicted molar refractivity (Wildman–Crippen MR) is 79.1 cm³/mol. The van der Waals surface area contributed by atoms with E-state index in [1.165, 1.54) is 13.0 Å². The van der Waals surface area contributed by atoms with E-state index in [1.807, 2.05) is 0 Å². The van der Waals surface area contributed by atoms with Crippen molar-refractivity contribution in [2.24, 2.45) is 17.3 Å². The van der Waals surface area contributed by atoms with Gasteiger partial charge in [-0.05, 0) is 26.2 Å². The van der Waals surface area contributed by atoms with Crippen LogP contribution >= 0.6 is 0 Å². The maximum Gasteiger partial charge on any atom is 0.241 e. The van der Waals surface area contributed by atoms with Crippen LogP contribution in [0.1, 0.15) is 39.5 Å². The minimum absolute atomic E-state index is 0.0579. The van der Waals surface area contributed by atoms with Gasteiger partial charge in [0.2, 0.25) is 5.91 Å². The summed E-state index contributed by atoms with van der Waals surface area (Å²) >= 11 is 0. The molecule has 0 aromatic carbocycles. The van der Waals surface area contributed by atoms with Gasteiger partial charge in [-0.1, -0.05) is 6.92 Å². The highest BCUT2D eigenvalue weighted by Gasteiger charge is 2.69. The minimum atomic E-state index is -1.62. The van der Waals surface area contributed by atoms with E-state index in [0.29, 0.717) is 12.8 Å². The normalized spacial score (nSPS) is 49.0. The van der Waals surface area contributed by atoms with E-state index in [2.05, 4.69) is 5.32 Å². The zero-order valence-corrected chi connectivity index (χ0v) is 13.3. The van der Waals surface area contributed by atoms with Gasteiger partial charge in [0.15, 0.2) is 11.6 Å². The van der Waals surface area contributed by atoms with Gasteiger partial charge >= 0.3 is 0 Å². The molecule has 2 heterocycles. The Kier molecular flexibility index (Phi) is 2.95. The first-order valence-electron chi connectivity index (χ1n) is 8.27. The van der Waals surface area contributed by atoms with Crippen molar-refractivity contribution in [3.63, 3.8) is 0 Å². The first-order chi connectivity index (χ1) is 10.8. The van der Waals surface area contributed by atoms with Crippen LogP contribution in [0, 0.1) is 17.3 Å². The van der Waals surface area contributed by atoms with Crippen molar-refractivity contribution >= 4 is 17.5 Å².